The molecule has 10 aromatic carbocycles. The number of carbonyl (C=O) groups excluding carboxylic acids is 16. The monoisotopic (exact) mass is 1570 g/mol. The summed E-state index contributed by atoms with van der Waals surface area (Å²) < 4.78 is 0. The van der Waals surface area contributed by atoms with Gasteiger partial charge in [-0.15, -0.1) is 0 Å². The molecule has 0 unspecified atom stereocenters. The van der Waals surface area contributed by atoms with Crippen molar-refractivity contribution in [3.05, 3.63) is 355 Å². The van der Waals surface area contributed by atoms with E-state index < -0.39 is 23.6 Å². The van der Waals surface area contributed by atoms with Crippen molar-refractivity contribution in [1.29, 1.82) is 0 Å². The maximum absolute atomic E-state index is 12.6. The van der Waals surface area contributed by atoms with Crippen LogP contribution in [-0.2, 0) is 28.8 Å². The number of imide groups is 2. The molecule has 0 atom stereocenters. The van der Waals surface area contributed by atoms with E-state index in [4.69, 9.17) is 0 Å². The van der Waals surface area contributed by atoms with Gasteiger partial charge in [0.1, 0.15) is 0 Å². The molecule has 0 spiro atoms. The van der Waals surface area contributed by atoms with Crippen LogP contribution in [0.15, 0.2) is 255 Å². The summed E-state index contributed by atoms with van der Waals surface area (Å²) in [5, 5.41) is 2.21. The minimum absolute atomic E-state index is 0.0145. The minimum Gasteiger partial charge on any atom is -0.295 e. The quantitative estimate of drug-likeness (QED) is 0.0264. The van der Waals surface area contributed by atoms with Crippen LogP contribution in [0.2, 0.25) is 0 Å². The van der Waals surface area contributed by atoms with Crippen LogP contribution in [0.4, 0.5) is 11.4 Å². The van der Waals surface area contributed by atoms with Crippen LogP contribution in [0, 0.1) is 0 Å². The van der Waals surface area contributed by atoms with Gasteiger partial charge in [-0.1, -0.05) is 194 Å². The number of carbonyl (C=O) groups is 16. The van der Waals surface area contributed by atoms with Crippen LogP contribution in [0.5, 0.6) is 0 Å². The second-order valence-electron chi connectivity index (χ2n) is 27.3. The second-order valence-corrected chi connectivity index (χ2v) is 27.3. The molecule has 10 aromatic rings. The molecule has 0 fully saturated rings. The SMILES string of the molecule is CC(=O)/C=C/c1ccc(/C=C/C(C)=O)cc1.CC(=O)/C=C/c1ccc(C(C)=O)cc1.CC(=O)/C=C/c1ccc(N2C(=O)c3ccc(C(C)=O)cc3C2=O)cc1.CC(=O)/C=C/c1ccc2cc(/C=C/C(C)=O)ccc2c1.CC(=O)c1ccc(/C=C/c2ccc(C(C)=O)cc2)cc1.CC(=O)c1ccc(N2C(=O)c3ccc(C(C)=O)cc3C2=O)cc1. The van der Waals surface area contributed by atoms with Gasteiger partial charge in [0.25, 0.3) is 23.6 Å². The molecule has 2 aliphatic heterocycles. The predicted molar refractivity (Wildman–Crippen MR) is 465 cm³/mol. The fourth-order valence-electron chi connectivity index (χ4n) is 11.1. The molecule has 0 aliphatic carbocycles. The molecule has 18 nitrogen and oxygen atoms in total. The molecule has 12 rings (SSSR count). The lowest BCUT2D eigenvalue weighted by atomic mass is 10.0. The summed E-state index contributed by atoms with van der Waals surface area (Å²) in [6.07, 6.45) is 23.6. The lowest BCUT2D eigenvalue weighted by Gasteiger charge is -2.13. The molecule has 0 bridgehead atoms. The Morgan fingerprint density at radius 2 is 0.381 bits per heavy atom. The maximum atomic E-state index is 12.6. The number of rotatable bonds is 22. The highest BCUT2D eigenvalue weighted by Crippen LogP contribution is 2.32. The fourth-order valence-corrected chi connectivity index (χ4v) is 11.1. The summed E-state index contributed by atoms with van der Waals surface area (Å²) >= 11 is 0. The third-order valence-corrected chi connectivity index (χ3v) is 17.6. The Balaban J connectivity index is 0.000000197. The number of fused-ring (bicyclic) bond motifs is 3. The molecular weight excluding hydrogens is 1490 g/mol. The van der Waals surface area contributed by atoms with Crippen molar-refractivity contribution < 1.29 is 76.7 Å². The number of benzene rings is 10. The lowest BCUT2D eigenvalue weighted by Crippen LogP contribution is -2.29. The number of hydrogen-bond acceptors (Lipinski definition) is 16. The van der Waals surface area contributed by atoms with Gasteiger partial charge in [-0.05, 0) is 248 Å². The largest absolute Gasteiger partial charge is 0.295 e. The summed E-state index contributed by atoms with van der Waals surface area (Å²) in [6, 6.07) is 63.7. The number of Topliss-reactive ketones (excluding diaryl/α,β-unsaturated/α-hetero) is 6. The highest BCUT2D eigenvalue weighted by molar-refractivity contribution is 6.36. The van der Waals surface area contributed by atoms with Crippen molar-refractivity contribution in [3.63, 3.8) is 0 Å². The molecule has 2 aliphatic rings. The van der Waals surface area contributed by atoms with Crippen LogP contribution < -0.4 is 9.80 Å². The van der Waals surface area contributed by atoms with E-state index in [2.05, 4.69) is 0 Å². The van der Waals surface area contributed by atoms with Gasteiger partial charge in [0, 0.05) is 33.4 Å². The molecule has 4 amide bonds. The van der Waals surface area contributed by atoms with Gasteiger partial charge in [0.2, 0.25) is 0 Å². The lowest BCUT2D eigenvalue weighted by molar-refractivity contribution is -0.113. The van der Waals surface area contributed by atoms with Gasteiger partial charge >= 0.3 is 0 Å². The zero-order valence-corrected chi connectivity index (χ0v) is 67.3. The smallest absolute Gasteiger partial charge is 0.266 e. The average Bonchev–Trinajstić information content (AvgIpc) is 1.62. The molecule has 0 saturated carbocycles. The highest BCUT2D eigenvalue weighted by atomic mass is 16.2. The first-order valence-corrected chi connectivity index (χ1v) is 37.1. The van der Waals surface area contributed by atoms with Crippen molar-refractivity contribution in [1.82, 2.24) is 0 Å². The Morgan fingerprint density at radius 3 is 0.627 bits per heavy atom. The zero-order valence-electron chi connectivity index (χ0n) is 67.3. The van der Waals surface area contributed by atoms with E-state index >= 15 is 0 Å². The summed E-state index contributed by atoms with van der Waals surface area (Å²) in [6.45, 7) is 18.0. The van der Waals surface area contributed by atoms with Crippen molar-refractivity contribution >= 4 is 164 Å². The first-order valence-electron chi connectivity index (χ1n) is 37.1. The third kappa shape index (κ3) is 27.4. The molecule has 0 aromatic heterocycles. The Morgan fingerprint density at radius 1 is 0.195 bits per heavy atom. The molecule has 592 valence electrons. The van der Waals surface area contributed by atoms with E-state index in [1.54, 1.807) is 117 Å². The fraction of sp³-hybridized carbons (Fsp3) is 0.120. The Hall–Kier alpha value is -15.0. The number of anilines is 2. The normalized spacial score (nSPS) is 11.9. The molecular formula is C100H86N2O16. The summed E-state index contributed by atoms with van der Waals surface area (Å²) in [5.74, 6) is -1.92. The van der Waals surface area contributed by atoms with Crippen LogP contribution >= 0.6 is 0 Å². The Kier molecular flexibility index (Phi) is 33.1. The van der Waals surface area contributed by atoms with E-state index in [9.17, 15) is 76.7 Å². The van der Waals surface area contributed by atoms with Gasteiger partial charge in [0.05, 0.1) is 33.6 Å². The van der Waals surface area contributed by atoms with Gasteiger partial charge in [-0.2, -0.15) is 0 Å². The zero-order chi connectivity index (χ0) is 86.4. The minimum atomic E-state index is -0.469. The summed E-state index contributed by atoms with van der Waals surface area (Å²) in [5.41, 5.74) is 13.0. The number of nitrogens with zero attached hydrogens (tertiary/aromatic N) is 2. The first kappa shape index (κ1) is 90.2. The van der Waals surface area contributed by atoms with Gasteiger partial charge in [-0.3, -0.25) is 76.7 Å². The van der Waals surface area contributed by atoms with E-state index in [1.165, 1.54) is 124 Å². The molecule has 18 heteroatoms. The van der Waals surface area contributed by atoms with Crippen molar-refractivity contribution in [2.45, 2.75) is 83.1 Å². The van der Waals surface area contributed by atoms with Crippen LogP contribution in [0.1, 0.15) is 231 Å². The average molecular weight is 1570 g/mol. The van der Waals surface area contributed by atoms with Gasteiger partial charge < -0.3 is 0 Å². The number of allylic oxidation sites excluding steroid dienone is 6. The van der Waals surface area contributed by atoms with Crippen molar-refractivity contribution in [3.8, 4) is 0 Å². The maximum Gasteiger partial charge on any atom is 0.266 e. The van der Waals surface area contributed by atoms with Crippen molar-refractivity contribution in [2.24, 2.45) is 0 Å². The molecule has 2 heterocycles. The molecule has 0 saturated heterocycles. The number of amides is 4. The highest BCUT2D eigenvalue weighted by Gasteiger charge is 2.38. The second kappa shape index (κ2) is 43.3. The van der Waals surface area contributed by atoms with E-state index in [-0.39, 0.29) is 91.7 Å². The first-order chi connectivity index (χ1) is 56.0. The topological polar surface area (TPSA) is 280 Å². The standard InChI is InChI=1S/C20H15NO4.C18H13NO4.2C18H16O2.C14H14O2.C12H12O2/c1-12(22)3-4-14-5-8-16(9-6-14)21-19(24)17-10-7-15(13(2)23)11-18(17)20(21)25;1-10(20)12-3-6-14(7-4-12)19-17(22)15-8-5-13(11(2)21)9-16(15)18(19)23;1-13(19)3-5-15-7-9-18-12-16(6-4-14(2)20)8-10-17(18)11-15;1-13(19)17-9-5-15(6-10-17)3-4-16-7-11-18(12-8-16)14(2)20;1-11(15)3-5-13-7-9-14(10-8-13)6-4-12(2)16;1-9(13)3-4-11-5-7-12(8-6-11)10(2)14/h3-11H,1-2H3;3-9H,1-2H3;2*3-12H,1-2H3;3-10H,1-2H3;3-8H,1-2H3/b4-3+;;5-3+,6-4+;4-3+;5-3+,6-4+;4-3+. The Labute approximate surface area is 684 Å². The number of hydrogen-bond donors (Lipinski definition) is 0. The third-order valence-electron chi connectivity index (χ3n) is 17.6. The van der Waals surface area contributed by atoms with Crippen molar-refractivity contribution in [2.75, 3.05) is 9.80 Å². The Bertz CT molecular complexity index is 5640. The summed E-state index contributed by atoms with van der Waals surface area (Å²) in [7, 11) is 0. The molecule has 0 radical (unpaired) electrons. The van der Waals surface area contributed by atoms with Crippen LogP contribution in [0.3, 0.4) is 0 Å². The summed E-state index contributed by atoms with van der Waals surface area (Å²) in [4.78, 5) is 185. The van der Waals surface area contributed by atoms with Crippen LogP contribution in [-0.4, -0.2) is 93.0 Å². The van der Waals surface area contributed by atoms with E-state index in [0.29, 0.717) is 44.8 Å². The molecule has 118 heavy (non-hydrogen) atoms. The predicted octanol–water partition coefficient (Wildman–Crippen LogP) is 19.9. The van der Waals surface area contributed by atoms with E-state index in [0.717, 1.165) is 65.1 Å². The number of ketones is 12. The van der Waals surface area contributed by atoms with Gasteiger partial charge in [-0.25, -0.2) is 9.80 Å². The van der Waals surface area contributed by atoms with Gasteiger partial charge in [0.15, 0.2) is 69.4 Å². The van der Waals surface area contributed by atoms with E-state index in [1.807, 2.05) is 146 Å². The van der Waals surface area contributed by atoms with Crippen LogP contribution in [0.25, 0.3) is 59.4 Å². The molecule has 0 N–H and O–H groups in total.